The maximum atomic E-state index is 12.6. The summed E-state index contributed by atoms with van der Waals surface area (Å²) in [7, 11) is 0. The molecule has 0 atom stereocenters. The monoisotopic (exact) mass is 359 g/mol. The van der Waals surface area contributed by atoms with E-state index in [0.717, 1.165) is 40.9 Å². The molecule has 0 amide bonds. The average Bonchev–Trinajstić information content (AvgIpc) is 3.11. The summed E-state index contributed by atoms with van der Waals surface area (Å²) in [6.45, 7) is 1.91. The summed E-state index contributed by atoms with van der Waals surface area (Å²) in [6, 6.07) is 11.4. The fourth-order valence-corrected chi connectivity index (χ4v) is 3.44. The van der Waals surface area contributed by atoms with Gasteiger partial charge >= 0.3 is 0 Å². The van der Waals surface area contributed by atoms with Gasteiger partial charge in [-0.1, -0.05) is 12.1 Å². The first-order valence-electron chi connectivity index (χ1n) is 8.85. The molecule has 5 rings (SSSR count). The Morgan fingerprint density at radius 2 is 1.96 bits per heavy atom. The molecular weight excluding hydrogens is 342 g/mol. The summed E-state index contributed by atoms with van der Waals surface area (Å²) < 4.78 is 5.81. The summed E-state index contributed by atoms with van der Waals surface area (Å²) >= 11 is 0. The molecule has 1 aliphatic rings. The van der Waals surface area contributed by atoms with Crippen LogP contribution < -0.4 is 5.56 Å². The van der Waals surface area contributed by atoms with E-state index in [0.29, 0.717) is 24.8 Å². The Hall–Kier alpha value is -3.32. The second-order valence-corrected chi connectivity index (χ2v) is 6.61. The van der Waals surface area contributed by atoms with Crippen LogP contribution in [0.3, 0.4) is 0 Å². The minimum absolute atomic E-state index is 0.0888. The van der Waals surface area contributed by atoms with E-state index < -0.39 is 0 Å². The van der Waals surface area contributed by atoms with Crippen LogP contribution in [0.2, 0.25) is 0 Å². The second-order valence-electron chi connectivity index (χ2n) is 6.61. The van der Waals surface area contributed by atoms with Crippen molar-refractivity contribution in [2.45, 2.75) is 19.5 Å². The van der Waals surface area contributed by atoms with E-state index in [-0.39, 0.29) is 5.56 Å². The molecule has 4 aromatic rings. The van der Waals surface area contributed by atoms with Crippen LogP contribution in [-0.2, 0) is 19.5 Å². The molecule has 0 fully saturated rings. The van der Waals surface area contributed by atoms with Gasteiger partial charge < -0.3 is 9.40 Å². The smallest absolute Gasteiger partial charge is 0.255 e. The summed E-state index contributed by atoms with van der Waals surface area (Å²) in [5.74, 6) is 1.26. The van der Waals surface area contributed by atoms with Gasteiger partial charge in [0.05, 0.1) is 17.8 Å². The van der Waals surface area contributed by atoms with Crippen molar-refractivity contribution < 1.29 is 4.42 Å². The van der Waals surface area contributed by atoms with Crippen LogP contribution in [0.15, 0.2) is 58.0 Å². The predicted molar refractivity (Wildman–Crippen MR) is 99.9 cm³/mol. The number of nitrogens with zero attached hydrogens (tertiary/aromatic N) is 4. The van der Waals surface area contributed by atoms with Gasteiger partial charge in [-0.2, -0.15) is 0 Å². The van der Waals surface area contributed by atoms with E-state index in [1.807, 2.05) is 36.4 Å². The van der Waals surface area contributed by atoms with Crippen molar-refractivity contribution in [3.05, 3.63) is 76.3 Å². The van der Waals surface area contributed by atoms with E-state index in [9.17, 15) is 4.79 Å². The number of pyridine rings is 1. The number of nitrogens with one attached hydrogen (secondary N) is 1. The van der Waals surface area contributed by atoms with Crippen LogP contribution in [0.5, 0.6) is 0 Å². The van der Waals surface area contributed by atoms with Crippen LogP contribution in [0.4, 0.5) is 0 Å². The molecule has 1 aromatic carbocycles. The summed E-state index contributed by atoms with van der Waals surface area (Å²) in [4.78, 5) is 30.9. The zero-order valence-corrected chi connectivity index (χ0v) is 14.6. The number of fused-ring (bicyclic) bond motifs is 2. The lowest BCUT2D eigenvalue weighted by molar-refractivity contribution is 0.220. The first-order chi connectivity index (χ1) is 13.3. The third-order valence-corrected chi connectivity index (χ3v) is 4.80. The van der Waals surface area contributed by atoms with Crippen molar-refractivity contribution in [1.82, 2.24) is 24.8 Å². The molecule has 0 saturated heterocycles. The third-order valence-electron chi connectivity index (χ3n) is 4.80. The predicted octanol–water partition coefficient (Wildman–Crippen LogP) is 2.53. The zero-order valence-electron chi connectivity index (χ0n) is 14.6. The van der Waals surface area contributed by atoms with E-state index in [2.05, 4.69) is 24.8 Å². The molecule has 0 spiro atoms. The van der Waals surface area contributed by atoms with Gasteiger partial charge in [-0.15, -0.1) is 0 Å². The van der Waals surface area contributed by atoms with Crippen molar-refractivity contribution >= 4 is 11.1 Å². The minimum atomic E-state index is -0.0888. The minimum Gasteiger partial charge on any atom is -0.439 e. The number of benzene rings is 1. The number of para-hydroxylation sites is 2. The highest BCUT2D eigenvalue weighted by molar-refractivity contribution is 5.72. The molecule has 134 valence electrons. The largest absolute Gasteiger partial charge is 0.439 e. The Kier molecular flexibility index (Phi) is 3.79. The third kappa shape index (κ3) is 3.02. The highest BCUT2D eigenvalue weighted by Crippen LogP contribution is 2.21. The Morgan fingerprint density at radius 3 is 2.81 bits per heavy atom. The Labute approximate surface area is 154 Å². The summed E-state index contributed by atoms with van der Waals surface area (Å²) in [5.41, 5.74) is 3.99. The van der Waals surface area contributed by atoms with Gasteiger partial charge in [0.1, 0.15) is 11.3 Å². The average molecular weight is 359 g/mol. The van der Waals surface area contributed by atoms with Gasteiger partial charge in [0.25, 0.3) is 5.56 Å². The lowest BCUT2D eigenvalue weighted by Gasteiger charge is -2.26. The van der Waals surface area contributed by atoms with Crippen LogP contribution in [0.1, 0.15) is 17.1 Å². The molecule has 0 radical (unpaired) electrons. The molecule has 0 saturated carbocycles. The van der Waals surface area contributed by atoms with Crippen molar-refractivity contribution in [2.75, 3.05) is 6.54 Å². The normalized spacial score (nSPS) is 14.4. The molecule has 27 heavy (non-hydrogen) atoms. The van der Waals surface area contributed by atoms with E-state index in [4.69, 9.17) is 4.42 Å². The van der Waals surface area contributed by atoms with Crippen molar-refractivity contribution in [2.24, 2.45) is 0 Å². The van der Waals surface area contributed by atoms with Gasteiger partial charge in [0.15, 0.2) is 5.58 Å². The molecule has 3 aromatic heterocycles. The molecule has 7 nitrogen and oxygen atoms in total. The standard InChI is InChI=1S/C20H17N5O2/c26-20-14-11-25(12-18-22-16-3-1-2-4-17(16)27-18)10-7-15(14)23-19(24-20)13-5-8-21-9-6-13/h1-6,8-9H,7,10-12H2,(H,23,24,26). The fraction of sp³-hybridized carbons (Fsp3) is 0.200. The zero-order chi connectivity index (χ0) is 18.2. The molecule has 4 heterocycles. The fourth-order valence-electron chi connectivity index (χ4n) is 3.44. The topological polar surface area (TPSA) is 87.9 Å². The van der Waals surface area contributed by atoms with E-state index in [1.165, 1.54) is 0 Å². The maximum absolute atomic E-state index is 12.6. The van der Waals surface area contributed by atoms with E-state index in [1.54, 1.807) is 12.4 Å². The van der Waals surface area contributed by atoms with Crippen LogP contribution in [0, 0.1) is 0 Å². The first kappa shape index (κ1) is 15.9. The number of hydrogen-bond acceptors (Lipinski definition) is 6. The van der Waals surface area contributed by atoms with Crippen LogP contribution >= 0.6 is 0 Å². The van der Waals surface area contributed by atoms with Gasteiger partial charge in [-0.3, -0.25) is 14.7 Å². The summed E-state index contributed by atoms with van der Waals surface area (Å²) in [6.07, 6.45) is 4.10. The van der Waals surface area contributed by atoms with Crippen molar-refractivity contribution in [1.29, 1.82) is 0 Å². The van der Waals surface area contributed by atoms with Crippen molar-refractivity contribution in [3.63, 3.8) is 0 Å². The Morgan fingerprint density at radius 1 is 1.11 bits per heavy atom. The second kappa shape index (κ2) is 6.44. The lowest BCUT2D eigenvalue weighted by atomic mass is 10.1. The van der Waals surface area contributed by atoms with Crippen molar-refractivity contribution in [3.8, 4) is 11.4 Å². The SMILES string of the molecule is O=c1[nH]c(-c2ccncc2)nc2c1CN(Cc1nc3ccccc3o1)CC2. The first-order valence-corrected chi connectivity index (χ1v) is 8.85. The molecule has 1 N–H and O–H groups in total. The van der Waals surface area contributed by atoms with E-state index >= 15 is 0 Å². The molecule has 7 heteroatoms. The number of aromatic amines is 1. The highest BCUT2D eigenvalue weighted by atomic mass is 16.3. The molecule has 0 bridgehead atoms. The quantitative estimate of drug-likeness (QED) is 0.605. The number of oxazole rings is 1. The summed E-state index contributed by atoms with van der Waals surface area (Å²) in [5, 5.41) is 0. The molecular formula is C20H17N5O2. The number of rotatable bonds is 3. The molecule has 1 aliphatic heterocycles. The van der Waals surface area contributed by atoms with Gasteiger partial charge in [-0.05, 0) is 24.3 Å². The van der Waals surface area contributed by atoms with Crippen LogP contribution in [-0.4, -0.2) is 31.4 Å². The number of H-pyrrole nitrogens is 1. The molecule has 0 unspecified atom stereocenters. The number of aromatic nitrogens is 4. The Bertz CT molecular complexity index is 1130. The molecule has 0 aliphatic carbocycles. The van der Waals surface area contributed by atoms with Gasteiger partial charge in [0.2, 0.25) is 5.89 Å². The lowest BCUT2D eigenvalue weighted by Crippen LogP contribution is -2.35. The van der Waals surface area contributed by atoms with Crippen LogP contribution in [0.25, 0.3) is 22.5 Å². The Balaban J connectivity index is 1.40. The van der Waals surface area contributed by atoms with Gasteiger partial charge in [0, 0.05) is 37.5 Å². The highest BCUT2D eigenvalue weighted by Gasteiger charge is 2.23. The van der Waals surface area contributed by atoms with Gasteiger partial charge in [-0.25, -0.2) is 9.97 Å². The maximum Gasteiger partial charge on any atom is 0.255 e. The number of hydrogen-bond donors (Lipinski definition) is 1.